The quantitative estimate of drug-likeness (QED) is 0.272. The predicted molar refractivity (Wildman–Crippen MR) is 146 cm³/mol. The van der Waals surface area contributed by atoms with Gasteiger partial charge in [-0.3, -0.25) is 0 Å². The van der Waals surface area contributed by atoms with Gasteiger partial charge in [-0.25, -0.2) is 24.0 Å². The van der Waals surface area contributed by atoms with Gasteiger partial charge in [0.2, 0.25) is 0 Å². The molecule has 200 valence electrons. The van der Waals surface area contributed by atoms with Gasteiger partial charge < -0.3 is 15.0 Å². The average molecular weight is 578 g/mol. The SMILES string of the molecule is CC(C)C1=C(C(=O)OC(=O)[C@H]2NCC[C@H]2C)SC2=N[C@@](C)(c3ccc(Cl)nc3)[C@@H](c3ccc(Cl)c(F)c3)N21. The van der Waals surface area contributed by atoms with Crippen molar-refractivity contribution in [3.63, 3.8) is 0 Å². The van der Waals surface area contributed by atoms with Crippen LogP contribution in [0.15, 0.2) is 52.1 Å². The van der Waals surface area contributed by atoms with Crippen LogP contribution in [0.25, 0.3) is 0 Å². The van der Waals surface area contributed by atoms with E-state index in [9.17, 15) is 14.0 Å². The first-order valence-corrected chi connectivity index (χ1v) is 14.0. The highest BCUT2D eigenvalue weighted by Gasteiger charge is 2.54. The molecule has 0 unspecified atom stereocenters. The molecule has 1 aromatic carbocycles. The summed E-state index contributed by atoms with van der Waals surface area (Å²) in [5, 5.41) is 4.01. The summed E-state index contributed by atoms with van der Waals surface area (Å²) in [7, 11) is 0. The molecule has 0 bridgehead atoms. The molecular weight excluding hydrogens is 550 g/mol. The molecule has 4 heterocycles. The first-order chi connectivity index (χ1) is 18.0. The molecule has 1 N–H and O–H groups in total. The number of ether oxygens (including phenoxy) is 1. The molecule has 11 heteroatoms. The van der Waals surface area contributed by atoms with Crippen molar-refractivity contribution in [1.29, 1.82) is 0 Å². The predicted octanol–water partition coefficient (Wildman–Crippen LogP) is 5.84. The maximum atomic E-state index is 14.7. The Balaban J connectivity index is 1.57. The van der Waals surface area contributed by atoms with Crippen molar-refractivity contribution in [2.45, 2.75) is 51.7 Å². The molecule has 2 aromatic rings. The number of esters is 2. The molecule has 5 rings (SSSR count). The molecule has 3 aliphatic rings. The van der Waals surface area contributed by atoms with Crippen LogP contribution in [0.2, 0.25) is 10.2 Å². The van der Waals surface area contributed by atoms with Gasteiger partial charge in [0.1, 0.15) is 27.5 Å². The Bertz CT molecular complexity index is 1370. The zero-order valence-corrected chi connectivity index (χ0v) is 23.6. The van der Waals surface area contributed by atoms with E-state index in [1.807, 2.05) is 38.7 Å². The topological polar surface area (TPSA) is 83.9 Å². The van der Waals surface area contributed by atoms with E-state index in [0.29, 0.717) is 33.0 Å². The number of carbonyl (C=O) groups is 2. The summed E-state index contributed by atoms with van der Waals surface area (Å²) in [6.45, 7) is 8.49. The number of amidine groups is 1. The van der Waals surface area contributed by atoms with E-state index in [2.05, 4.69) is 10.3 Å². The van der Waals surface area contributed by atoms with E-state index in [0.717, 1.165) is 23.7 Å². The number of carbonyl (C=O) groups excluding carboxylic acids is 2. The third-order valence-corrected chi connectivity index (χ3v) is 8.87. The van der Waals surface area contributed by atoms with E-state index in [-0.39, 0.29) is 16.9 Å². The number of halogens is 3. The first kappa shape index (κ1) is 27.1. The van der Waals surface area contributed by atoms with Crippen LogP contribution in [0.1, 0.15) is 51.3 Å². The minimum Gasteiger partial charge on any atom is -0.388 e. The number of hydrogen-bond donors (Lipinski definition) is 1. The minimum absolute atomic E-state index is 0.00991. The third kappa shape index (κ3) is 4.63. The number of rotatable bonds is 5. The fourth-order valence-corrected chi connectivity index (χ4v) is 6.85. The number of pyridine rings is 1. The normalized spacial score (nSPS) is 26.7. The summed E-state index contributed by atoms with van der Waals surface area (Å²) in [5.74, 6) is -1.91. The molecule has 0 radical (unpaired) electrons. The van der Waals surface area contributed by atoms with Crippen molar-refractivity contribution in [2.24, 2.45) is 16.8 Å². The zero-order chi connectivity index (χ0) is 27.4. The lowest BCUT2D eigenvalue weighted by Crippen LogP contribution is -2.38. The van der Waals surface area contributed by atoms with E-state index in [4.69, 9.17) is 32.9 Å². The Labute approximate surface area is 234 Å². The molecule has 1 aromatic heterocycles. The summed E-state index contributed by atoms with van der Waals surface area (Å²) >= 11 is 13.2. The molecule has 7 nitrogen and oxygen atoms in total. The number of nitrogens with one attached hydrogen (secondary N) is 1. The Morgan fingerprint density at radius 1 is 1.26 bits per heavy atom. The lowest BCUT2D eigenvalue weighted by molar-refractivity contribution is -0.158. The van der Waals surface area contributed by atoms with Crippen molar-refractivity contribution in [2.75, 3.05) is 6.54 Å². The van der Waals surface area contributed by atoms with Crippen molar-refractivity contribution in [3.8, 4) is 0 Å². The fourth-order valence-electron chi connectivity index (χ4n) is 5.33. The van der Waals surface area contributed by atoms with E-state index in [1.54, 1.807) is 18.3 Å². The van der Waals surface area contributed by atoms with Gasteiger partial charge in [-0.1, -0.05) is 56.1 Å². The first-order valence-electron chi connectivity index (χ1n) is 12.4. The van der Waals surface area contributed by atoms with Gasteiger partial charge in [0.25, 0.3) is 0 Å². The number of aromatic nitrogens is 1. The van der Waals surface area contributed by atoms with Gasteiger partial charge in [-0.05, 0) is 67.2 Å². The lowest BCUT2D eigenvalue weighted by atomic mass is 9.81. The molecule has 0 saturated carbocycles. The van der Waals surface area contributed by atoms with Gasteiger partial charge in [0.05, 0.1) is 11.1 Å². The summed E-state index contributed by atoms with van der Waals surface area (Å²) in [6.07, 6.45) is 2.49. The summed E-state index contributed by atoms with van der Waals surface area (Å²) in [6, 6.07) is 7.13. The standard InChI is InChI=1S/C27H27Cl2FN4O3S/c1-13(2)21-22(25(36)37-24(35)20-14(3)9-10-31-20)38-26-33-27(4,16-6-8-19(29)32-12-16)23(34(21)26)15-5-7-17(28)18(30)11-15/h5-8,11-14,20,23,31H,9-10H2,1-4H3/t14-,20+,23-,27+/m1/s1. The maximum absolute atomic E-state index is 14.7. The van der Waals surface area contributed by atoms with Crippen molar-refractivity contribution in [1.82, 2.24) is 15.2 Å². The highest BCUT2D eigenvalue weighted by molar-refractivity contribution is 8.18. The monoisotopic (exact) mass is 576 g/mol. The van der Waals surface area contributed by atoms with Gasteiger partial charge in [-0.2, -0.15) is 0 Å². The number of aliphatic imine (C=N–C) groups is 1. The van der Waals surface area contributed by atoms with Gasteiger partial charge in [0, 0.05) is 17.5 Å². The number of nitrogens with zero attached hydrogens (tertiary/aromatic N) is 3. The molecule has 4 atom stereocenters. The molecule has 1 saturated heterocycles. The van der Waals surface area contributed by atoms with E-state index in [1.165, 1.54) is 12.1 Å². The third-order valence-electron chi connectivity index (χ3n) is 7.29. The Kier molecular flexibility index (Phi) is 7.32. The Hall–Kier alpha value is -2.46. The average Bonchev–Trinajstić information content (AvgIpc) is 3.53. The summed E-state index contributed by atoms with van der Waals surface area (Å²) in [5.41, 5.74) is 1.16. The van der Waals surface area contributed by atoms with E-state index >= 15 is 0 Å². The second-order valence-electron chi connectivity index (χ2n) is 10.2. The van der Waals surface area contributed by atoms with Crippen LogP contribution in [0.3, 0.4) is 0 Å². The van der Waals surface area contributed by atoms with Crippen LogP contribution < -0.4 is 5.32 Å². The molecule has 3 aliphatic heterocycles. The highest BCUT2D eigenvalue weighted by Crippen LogP contribution is 2.56. The Morgan fingerprint density at radius 2 is 2.03 bits per heavy atom. The number of fused-ring (bicyclic) bond motifs is 1. The van der Waals surface area contributed by atoms with Gasteiger partial charge >= 0.3 is 11.9 Å². The molecule has 0 amide bonds. The zero-order valence-electron chi connectivity index (χ0n) is 21.3. The van der Waals surface area contributed by atoms with Crippen LogP contribution in [0.4, 0.5) is 4.39 Å². The number of allylic oxidation sites excluding steroid dienone is 1. The minimum atomic E-state index is -0.894. The highest BCUT2D eigenvalue weighted by atomic mass is 35.5. The molecular formula is C27H27Cl2FN4O3S. The molecule has 38 heavy (non-hydrogen) atoms. The molecule has 0 spiro atoms. The van der Waals surface area contributed by atoms with Gasteiger partial charge in [-0.15, -0.1) is 0 Å². The lowest BCUT2D eigenvalue weighted by Gasteiger charge is -2.36. The second-order valence-corrected chi connectivity index (χ2v) is 12.0. The molecule has 1 fully saturated rings. The van der Waals surface area contributed by atoms with Crippen LogP contribution in [0, 0.1) is 17.7 Å². The Morgan fingerprint density at radius 3 is 2.63 bits per heavy atom. The van der Waals surface area contributed by atoms with Crippen LogP contribution in [0.5, 0.6) is 0 Å². The van der Waals surface area contributed by atoms with Crippen molar-refractivity contribution < 1.29 is 18.7 Å². The summed E-state index contributed by atoms with van der Waals surface area (Å²) < 4.78 is 20.1. The second kappa shape index (κ2) is 10.3. The van der Waals surface area contributed by atoms with Crippen molar-refractivity contribution in [3.05, 3.63) is 74.3 Å². The van der Waals surface area contributed by atoms with Crippen LogP contribution in [-0.2, 0) is 19.9 Å². The van der Waals surface area contributed by atoms with E-state index < -0.39 is 35.4 Å². The fraction of sp³-hybridized carbons (Fsp3) is 0.407. The smallest absolute Gasteiger partial charge is 0.354 e. The molecule has 0 aliphatic carbocycles. The maximum Gasteiger partial charge on any atom is 0.354 e. The number of thioether (sulfide) groups is 1. The number of hydrogen-bond acceptors (Lipinski definition) is 8. The number of benzene rings is 1. The van der Waals surface area contributed by atoms with Crippen molar-refractivity contribution >= 4 is 52.1 Å². The van der Waals surface area contributed by atoms with Gasteiger partial charge in [0.15, 0.2) is 5.17 Å². The largest absolute Gasteiger partial charge is 0.388 e. The van der Waals surface area contributed by atoms with Crippen LogP contribution >= 0.6 is 35.0 Å². The van der Waals surface area contributed by atoms with Crippen LogP contribution in [-0.4, -0.2) is 39.6 Å². The summed E-state index contributed by atoms with van der Waals surface area (Å²) in [4.78, 5) is 37.6.